The third-order valence-electron chi connectivity index (χ3n) is 4.97. The van der Waals surface area contributed by atoms with E-state index in [9.17, 15) is 9.59 Å². The van der Waals surface area contributed by atoms with Gasteiger partial charge in [-0.25, -0.2) is 4.98 Å². The maximum Gasteiger partial charge on any atom is 0.261 e. The number of carbonyl (C=O) groups excluding carboxylic acids is 1. The lowest BCUT2D eigenvalue weighted by molar-refractivity contribution is 0.102. The van der Waals surface area contributed by atoms with Crippen LogP contribution in [0.5, 0.6) is 11.5 Å². The zero-order chi connectivity index (χ0) is 19.7. The van der Waals surface area contributed by atoms with Gasteiger partial charge < -0.3 is 14.8 Å². The van der Waals surface area contributed by atoms with Crippen LogP contribution in [0.4, 0.5) is 5.69 Å². The van der Waals surface area contributed by atoms with E-state index in [1.165, 1.54) is 7.11 Å². The van der Waals surface area contributed by atoms with Crippen molar-refractivity contribution in [2.24, 2.45) is 0 Å². The smallest absolute Gasteiger partial charge is 0.261 e. The summed E-state index contributed by atoms with van der Waals surface area (Å²) in [5, 5.41) is 3.38. The number of nitrogens with zero attached hydrogens (tertiary/aromatic N) is 2. The number of aryl methyl sites for hydroxylation is 1. The summed E-state index contributed by atoms with van der Waals surface area (Å²) in [7, 11) is 3.09. The normalized spacial score (nSPS) is 13.1. The Bertz CT molecular complexity index is 1120. The van der Waals surface area contributed by atoms with Crippen molar-refractivity contribution in [1.29, 1.82) is 0 Å². The first-order chi connectivity index (χ1) is 13.6. The van der Waals surface area contributed by atoms with E-state index in [-0.39, 0.29) is 11.5 Å². The first-order valence-corrected chi connectivity index (χ1v) is 9.17. The number of methoxy groups -OCH3 is 2. The number of nitrogens with one attached hydrogen (secondary N) is 1. The minimum absolute atomic E-state index is 0.0356. The van der Waals surface area contributed by atoms with Gasteiger partial charge in [0, 0.05) is 30.3 Å². The lowest BCUT2D eigenvalue weighted by Gasteiger charge is -2.18. The molecule has 0 spiro atoms. The molecule has 0 atom stereocenters. The van der Waals surface area contributed by atoms with E-state index >= 15 is 0 Å². The van der Waals surface area contributed by atoms with E-state index in [1.807, 2.05) is 0 Å². The molecule has 1 aliphatic heterocycles. The molecule has 1 amide bonds. The Labute approximate surface area is 161 Å². The fraction of sp³-hybridized carbons (Fsp3) is 0.286. The van der Waals surface area contributed by atoms with Gasteiger partial charge in [-0.15, -0.1) is 0 Å². The molecule has 0 aliphatic carbocycles. The SMILES string of the molecule is COc1ccc(NC(=O)c2ccc3c(=O)n4c(nc3c2)CCCC4)cc1OC. The summed E-state index contributed by atoms with van der Waals surface area (Å²) >= 11 is 0. The largest absolute Gasteiger partial charge is 0.493 e. The average Bonchev–Trinajstić information content (AvgIpc) is 2.73. The molecule has 2 heterocycles. The van der Waals surface area contributed by atoms with Gasteiger partial charge in [0.1, 0.15) is 5.82 Å². The van der Waals surface area contributed by atoms with Crippen LogP contribution in [0.3, 0.4) is 0 Å². The van der Waals surface area contributed by atoms with Gasteiger partial charge in [-0.3, -0.25) is 14.2 Å². The number of ether oxygens (including phenoxy) is 2. The van der Waals surface area contributed by atoms with Crippen molar-refractivity contribution >= 4 is 22.5 Å². The molecule has 1 aliphatic rings. The lowest BCUT2D eigenvalue weighted by atomic mass is 10.1. The van der Waals surface area contributed by atoms with Crippen molar-refractivity contribution in [2.45, 2.75) is 25.8 Å². The van der Waals surface area contributed by atoms with Crippen LogP contribution < -0.4 is 20.3 Å². The summed E-state index contributed by atoms with van der Waals surface area (Å²) in [6, 6.07) is 10.2. The molecule has 0 radical (unpaired) electrons. The van der Waals surface area contributed by atoms with E-state index in [0.29, 0.717) is 40.2 Å². The summed E-state index contributed by atoms with van der Waals surface area (Å²) in [4.78, 5) is 30.0. The highest BCUT2D eigenvalue weighted by atomic mass is 16.5. The Balaban J connectivity index is 1.65. The maximum absolute atomic E-state index is 12.7. The van der Waals surface area contributed by atoms with Crippen LogP contribution in [0, 0.1) is 0 Å². The molecule has 0 unspecified atom stereocenters. The third kappa shape index (κ3) is 3.19. The molecule has 1 aromatic heterocycles. The summed E-state index contributed by atoms with van der Waals surface area (Å²) in [5.41, 5.74) is 1.54. The van der Waals surface area contributed by atoms with Crippen LogP contribution in [-0.2, 0) is 13.0 Å². The highest BCUT2D eigenvalue weighted by molar-refractivity contribution is 6.06. The van der Waals surface area contributed by atoms with Gasteiger partial charge in [-0.05, 0) is 43.2 Å². The number of hydrogen-bond donors (Lipinski definition) is 1. The van der Waals surface area contributed by atoms with Crippen LogP contribution in [0.25, 0.3) is 10.9 Å². The number of aromatic nitrogens is 2. The van der Waals surface area contributed by atoms with Crippen LogP contribution >= 0.6 is 0 Å². The van der Waals surface area contributed by atoms with E-state index in [2.05, 4.69) is 10.3 Å². The topological polar surface area (TPSA) is 82.5 Å². The summed E-state index contributed by atoms with van der Waals surface area (Å²) in [6.45, 7) is 0.707. The highest BCUT2D eigenvalue weighted by Gasteiger charge is 2.16. The minimum Gasteiger partial charge on any atom is -0.493 e. The van der Waals surface area contributed by atoms with Gasteiger partial charge in [-0.2, -0.15) is 0 Å². The van der Waals surface area contributed by atoms with Crippen molar-refractivity contribution < 1.29 is 14.3 Å². The average molecular weight is 379 g/mol. The van der Waals surface area contributed by atoms with Gasteiger partial charge in [0.05, 0.1) is 25.1 Å². The van der Waals surface area contributed by atoms with Gasteiger partial charge in [0.25, 0.3) is 11.5 Å². The Kier molecular flexibility index (Phi) is 4.73. The molecule has 28 heavy (non-hydrogen) atoms. The zero-order valence-corrected chi connectivity index (χ0v) is 15.8. The van der Waals surface area contributed by atoms with Crippen LogP contribution in [0.15, 0.2) is 41.2 Å². The Morgan fingerprint density at radius 2 is 1.89 bits per heavy atom. The highest BCUT2D eigenvalue weighted by Crippen LogP contribution is 2.30. The molecule has 7 nitrogen and oxygen atoms in total. The zero-order valence-electron chi connectivity index (χ0n) is 15.8. The Hall–Kier alpha value is -3.35. The molecule has 7 heteroatoms. The molecule has 2 aromatic carbocycles. The molecular formula is C21H21N3O4. The second-order valence-electron chi connectivity index (χ2n) is 6.70. The predicted octanol–water partition coefficient (Wildman–Crippen LogP) is 3.00. The summed E-state index contributed by atoms with van der Waals surface area (Å²) in [6.07, 6.45) is 2.80. The fourth-order valence-electron chi connectivity index (χ4n) is 3.50. The fourth-order valence-corrected chi connectivity index (χ4v) is 3.50. The minimum atomic E-state index is -0.284. The Morgan fingerprint density at radius 1 is 1.07 bits per heavy atom. The van der Waals surface area contributed by atoms with Gasteiger partial charge >= 0.3 is 0 Å². The first-order valence-electron chi connectivity index (χ1n) is 9.17. The number of hydrogen-bond acceptors (Lipinski definition) is 5. The number of rotatable bonds is 4. The van der Waals surface area contributed by atoms with Crippen molar-refractivity contribution in [3.05, 3.63) is 58.1 Å². The van der Waals surface area contributed by atoms with Crippen LogP contribution in [-0.4, -0.2) is 29.7 Å². The van der Waals surface area contributed by atoms with Gasteiger partial charge in [0.2, 0.25) is 0 Å². The molecule has 0 fully saturated rings. The quantitative estimate of drug-likeness (QED) is 0.754. The predicted molar refractivity (Wildman–Crippen MR) is 106 cm³/mol. The molecular weight excluding hydrogens is 358 g/mol. The summed E-state index contributed by atoms with van der Waals surface area (Å²) in [5.74, 6) is 1.62. The van der Waals surface area contributed by atoms with Gasteiger partial charge in [0.15, 0.2) is 11.5 Å². The number of fused-ring (bicyclic) bond motifs is 2. The van der Waals surface area contributed by atoms with Crippen molar-refractivity contribution in [3.63, 3.8) is 0 Å². The van der Waals surface area contributed by atoms with E-state index in [1.54, 1.807) is 48.1 Å². The number of carbonyl (C=O) groups is 1. The number of benzene rings is 2. The van der Waals surface area contributed by atoms with Crippen molar-refractivity contribution in [1.82, 2.24) is 9.55 Å². The van der Waals surface area contributed by atoms with E-state index in [4.69, 9.17) is 9.47 Å². The molecule has 0 bridgehead atoms. The standard InChI is InChI=1S/C21H21N3O4/c1-27-17-9-7-14(12-18(17)28-2)22-20(25)13-6-8-15-16(11-13)23-19-5-3-4-10-24(19)21(15)26/h6-9,11-12H,3-5,10H2,1-2H3,(H,22,25). The van der Waals surface area contributed by atoms with Crippen LogP contribution in [0.2, 0.25) is 0 Å². The monoisotopic (exact) mass is 379 g/mol. The molecule has 3 aromatic rings. The molecule has 4 rings (SSSR count). The van der Waals surface area contributed by atoms with E-state index in [0.717, 1.165) is 25.1 Å². The lowest BCUT2D eigenvalue weighted by Crippen LogP contribution is -2.28. The van der Waals surface area contributed by atoms with Crippen LogP contribution in [0.1, 0.15) is 29.0 Å². The molecule has 0 saturated carbocycles. The molecule has 144 valence electrons. The summed E-state index contributed by atoms with van der Waals surface area (Å²) < 4.78 is 12.2. The van der Waals surface area contributed by atoms with Crippen molar-refractivity contribution in [3.8, 4) is 11.5 Å². The van der Waals surface area contributed by atoms with Crippen molar-refractivity contribution in [2.75, 3.05) is 19.5 Å². The maximum atomic E-state index is 12.7. The molecule has 0 saturated heterocycles. The molecule has 1 N–H and O–H groups in total. The first kappa shape index (κ1) is 18.0. The number of amides is 1. The second kappa shape index (κ2) is 7.34. The third-order valence-corrected chi connectivity index (χ3v) is 4.97. The Morgan fingerprint density at radius 3 is 2.68 bits per heavy atom. The second-order valence-corrected chi connectivity index (χ2v) is 6.70. The number of anilines is 1. The van der Waals surface area contributed by atoms with E-state index < -0.39 is 0 Å². The van der Waals surface area contributed by atoms with Gasteiger partial charge in [-0.1, -0.05) is 0 Å².